The second-order valence-electron chi connectivity index (χ2n) is 5.50. The van der Waals surface area contributed by atoms with Crippen LogP contribution in [-0.2, 0) is 27.8 Å². The lowest BCUT2D eigenvalue weighted by Crippen LogP contribution is -2.24. The van der Waals surface area contributed by atoms with E-state index in [4.69, 9.17) is 10.00 Å². The minimum atomic E-state index is -3.20. The van der Waals surface area contributed by atoms with Crippen LogP contribution in [0, 0.1) is 11.3 Å². The Morgan fingerprint density at radius 2 is 1.88 bits per heavy atom. The maximum atomic E-state index is 12.1. The van der Waals surface area contributed by atoms with Gasteiger partial charge in [0.25, 0.3) is 0 Å². The number of ether oxygens (including phenoxy) is 1. The summed E-state index contributed by atoms with van der Waals surface area (Å²) < 4.78 is 29.7. The Bertz CT molecular complexity index is 884. The molecule has 0 atom stereocenters. The van der Waals surface area contributed by atoms with E-state index in [9.17, 15) is 13.2 Å². The fourth-order valence-corrected chi connectivity index (χ4v) is 2.62. The first-order valence-electron chi connectivity index (χ1n) is 7.57. The molecule has 2 aromatic rings. The summed E-state index contributed by atoms with van der Waals surface area (Å²) in [4.78, 5) is 12.1. The number of carbonyl (C=O) groups excluding carboxylic acids is 1. The van der Waals surface area contributed by atoms with Gasteiger partial charge in [0.2, 0.25) is 10.0 Å². The fourth-order valence-electron chi connectivity index (χ4n) is 2.15. The molecule has 0 spiro atoms. The number of carbonyl (C=O) groups is 1. The summed E-state index contributed by atoms with van der Waals surface area (Å²) in [7, 11) is -3.20. The van der Waals surface area contributed by atoms with Crippen LogP contribution in [0.1, 0.15) is 27.0 Å². The average molecular weight is 358 g/mol. The van der Waals surface area contributed by atoms with E-state index in [0.29, 0.717) is 24.1 Å². The van der Waals surface area contributed by atoms with Crippen LogP contribution in [0.3, 0.4) is 0 Å². The van der Waals surface area contributed by atoms with Gasteiger partial charge in [0.1, 0.15) is 6.61 Å². The van der Waals surface area contributed by atoms with E-state index in [-0.39, 0.29) is 6.61 Å². The van der Waals surface area contributed by atoms with Gasteiger partial charge in [0, 0.05) is 6.54 Å². The third-order valence-corrected chi connectivity index (χ3v) is 4.12. The van der Waals surface area contributed by atoms with E-state index >= 15 is 0 Å². The zero-order chi connectivity index (χ0) is 18.3. The van der Waals surface area contributed by atoms with Crippen molar-refractivity contribution in [2.24, 2.45) is 0 Å². The SMILES string of the molecule is CS(=O)(=O)NCCc1ccc(C(=O)OCc2cccc(C#N)c2)cc1. The summed E-state index contributed by atoms with van der Waals surface area (Å²) in [6.45, 7) is 0.395. The lowest BCUT2D eigenvalue weighted by molar-refractivity contribution is 0.0472. The van der Waals surface area contributed by atoms with Gasteiger partial charge in [-0.3, -0.25) is 0 Å². The molecule has 0 aliphatic carbocycles. The Kier molecular flexibility index (Phi) is 6.28. The van der Waals surface area contributed by atoms with Gasteiger partial charge in [-0.2, -0.15) is 5.26 Å². The highest BCUT2D eigenvalue weighted by Crippen LogP contribution is 2.10. The summed E-state index contributed by atoms with van der Waals surface area (Å²) in [5, 5.41) is 8.85. The van der Waals surface area contributed by atoms with Crippen LogP contribution in [0.25, 0.3) is 0 Å². The van der Waals surface area contributed by atoms with Crippen LogP contribution in [0.5, 0.6) is 0 Å². The van der Waals surface area contributed by atoms with Crippen molar-refractivity contribution < 1.29 is 17.9 Å². The van der Waals surface area contributed by atoms with Crippen LogP contribution in [0.2, 0.25) is 0 Å². The van der Waals surface area contributed by atoms with Crippen LogP contribution >= 0.6 is 0 Å². The van der Waals surface area contributed by atoms with Crippen LogP contribution in [0.15, 0.2) is 48.5 Å². The molecule has 0 saturated carbocycles. The van der Waals surface area contributed by atoms with Gasteiger partial charge in [0.05, 0.1) is 23.5 Å². The predicted octanol–water partition coefficient (Wildman–Crippen LogP) is 2.01. The summed E-state index contributed by atoms with van der Waals surface area (Å²) in [5.41, 5.74) is 2.59. The maximum absolute atomic E-state index is 12.1. The van der Waals surface area contributed by atoms with E-state index < -0.39 is 16.0 Å². The molecule has 0 unspecified atom stereocenters. The normalized spacial score (nSPS) is 10.9. The van der Waals surface area contributed by atoms with E-state index in [1.165, 1.54) is 0 Å². The van der Waals surface area contributed by atoms with Gasteiger partial charge in [0.15, 0.2) is 0 Å². The third-order valence-electron chi connectivity index (χ3n) is 3.39. The smallest absolute Gasteiger partial charge is 0.338 e. The standard InChI is InChI=1S/C18H18N2O4S/c1-25(22,23)20-10-9-14-5-7-17(8-6-14)18(21)24-13-16-4-2-3-15(11-16)12-19/h2-8,11,20H,9-10,13H2,1H3. The van der Waals surface area contributed by atoms with Crippen molar-refractivity contribution in [1.82, 2.24) is 4.72 Å². The highest BCUT2D eigenvalue weighted by atomic mass is 32.2. The van der Waals surface area contributed by atoms with Crippen molar-refractivity contribution in [2.45, 2.75) is 13.0 Å². The minimum Gasteiger partial charge on any atom is -0.457 e. The molecular weight excluding hydrogens is 340 g/mol. The highest BCUT2D eigenvalue weighted by Gasteiger charge is 2.08. The van der Waals surface area contributed by atoms with Crippen molar-refractivity contribution >= 4 is 16.0 Å². The molecule has 6 nitrogen and oxygen atoms in total. The highest BCUT2D eigenvalue weighted by molar-refractivity contribution is 7.88. The van der Waals surface area contributed by atoms with E-state index in [1.54, 1.807) is 48.5 Å². The van der Waals surface area contributed by atoms with Crippen molar-refractivity contribution in [3.8, 4) is 6.07 Å². The van der Waals surface area contributed by atoms with E-state index in [1.807, 2.05) is 6.07 Å². The second-order valence-corrected chi connectivity index (χ2v) is 7.33. The monoisotopic (exact) mass is 358 g/mol. The lowest BCUT2D eigenvalue weighted by atomic mass is 10.1. The van der Waals surface area contributed by atoms with Gasteiger partial charge in [-0.15, -0.1) is 0 Å². The topological polar surface area (TPSA) is 96.3 Å². The van der Waals surface area contributed by atoms with Crippen molar-refractivity contribution in [2.75, 3.05) is 12.8 Å². The molecule has 0 aliphatic heterocycles. The number of benzene rings is 2. The molecule has 2 rings (SSSR count). The zero-order valence-electron chi connectivity index (χ0n) is 13.7. The van der Waals surface area contributed by atoms with Gasteiger partial charge in [-0.25, -0.2) is 17.9 Å². The second kappa shape index (κ2) is 8.42. The number of hydrogen-bond acceptors (Lipinski definition) is 5. The lowest BCUT2D eigenvalue weighted by Gasteiger charge is -2.07. The number of hydrogen-bond donors (Lipinski definition) is 1. The predicted molar refractivity (Wildman–Crippen MR) is 93.3 cm³/mol. The summed E-state index contributed by atoms with van der Waals surface area (Å²) in [5.74, 6) is -0.455. The van der Waals surface area contributed by atoms with Gasteiger partial charge < -0.3 is 4.74 Å². The molecule has 0 fully saturated rings. The Morgan fingerprint density at radius 3 is 2.52 bits per heavy atom. The van der Waals surface area contributed by atoms with Gasteiger partial charge >= 0.3 is 5.97 Å². The molecule has 0 aliphatic rings. The summed E-state index contributed by atoms with van der Waals surface area (Å²) >= 11 is 0. The third kappa shape index (κ3) is 6.37. The molecule has 1 N–H and O–H groups in total. The quantitative estimate of drug-likeness (QED) is 0.764. The molecule has 7 heteroatoms. The number of rotatable bonds is 7. The van der Waals surface area contributed by atoms with Crippen LogP contribution in [-0.4, -0.2) is 27.2 Å². The number of sulfonamides is 1. The first-order valence-corrected chi connectivity index (χ1v) is 9.46. The molecule has 0 aromatic heterocycles. The number of nitriles is 1. The number of esters is 1. The maximum Gasteiger partial charge on any atom is 0.338 e. The Morgan fingerprint density at radius 1 is 1.16 bits per heavy atom. The molecule has 130 valence electrons. The molecule has 0 amide bonds. The van der Waals surface area contributed by atoms with Crippen molar-refractivity contribution in [3.63, 3.8) is 0 Å². The van der Waals surface area contributed by atoms with Crippen molar-refractivity contribution in [1.29, 1.82) is 5.26 Å². The summed E-state index contributed by atoms with van der Waals surface area (Å²) in [6, 6.07) is 15.7. The molecule has 25 heavy (non-hydrogen) atoms. The summed E-state index contributed by atoms with van der Waals surface area (Å²) in [6.07, 6.45) is 1.64. The Labute approximate surface area is 147 Å². The molecule has 0 saturated heterocycles. The van der Waals surface area contributed by atoms with Gasteiger partial charge in [-0.1, -0.05) is 24.3 Å². The molecule has 0 heterocycles. The Balaban J connectivity index is 1.88. The average Bonchev–Trinajstić information content (AvgIpc) is 2.59. The molecule has 0 bridgehead atoms. The molecule has 0 radical (unpaired) electrons. The fraction of sp³-hybridized carbons (Fsp3) is 0.222. The largest absolute Gasteiger partial charge is 0.457 e. The number of nitrogens with zero attached hydrogens (tertiary/aromatic N) is 1. The van der Waals surface area contributed by atoms with Crippen molar-refractivity contribution in [3.05, 3.63) is 70.8 Å². The first-order chi connectivity index (χ1) is 11.9. The van der Waals surface area contributed by atoms with Crippen LogP contribution in [0.4, 0.5) is 0 Å². The zero-order valence-corrected chi connectivity index (χ0v) is 14.5. The van der Waals surface area contributed by atoms with Crippen LogP contribution < -0.4 is 4.72 Å². The molecule has 2 aromatic carbocycles. The van der Waals surface area contributed by atoms with Gasteiger partial charge in [-0.05, 0) is 41.8 Å². The minimum absolute atomic E-state index is 0.0917. The van der Waals surface area contributed by atoms with E-state index in [0.717, 1.165) is 17.4 Å². The number of nitrogens with one attached hydrogen (secondary N) is 1. The van der Waals surface area contributed by atoms with E-state index in [2.05, 4.69) is 4.72 Å². The first kappa shape index (κ1) is 18.6. The molecular formula is C18H18N2O4S. The Hall–Kier alpha value is -2.69.